The van der Waals surface area contributed by atoms with E-state index in [1.54, 1.807) is 6.20 Å². The summed E-state index contributed by atoms with van der Waals surface area (Å²) in [5, 5.41) is 11.5. The summed E-state index contributed by atoms with van der Waals surface area (Å²) < 4.78 is 17.1. The summed E-state index contributed by atoms with van der Waals surface area (Å²) >= 11 is 0. The third-order valence-corrected chi connectivity index (χ3v) is 3.03. The van der Waals surface area contributed by atoms with Gasteiger partial charge in [0.25, 0.3) is 0 Å². The molecule has 0 aliphatic rings. The summed E-state index contributed by atoms with van der Waals surface area (Å²) in [4.78, 5) is 0. The lowest BCUT2D eigenvalue weighted by atomic mass is 10.2. The third kappa shape index (κ3) is 4.82. The van der Waals surface area contributed by atoms with Gasteiger partial charge in [-0.05, 0) is 12.8 Å². The Morgan fingerprint density at radius 1 is 1.24 bits per heavy atom. The highest BCUT2D eigenvalue weighted by Gasteiger charge is 2.08. The van der Waals surface area contributed by atoms with Crippen LogP contribution in [0, 0.1) is 11.9 Å². The third-order valence-electron chi connectivity index (χ3n) is 3.03. The van der Waals surface area contributed by atoms with Gasteiger partial charge in [-0.15, -0.1) is 12.4 Å². The topological polar surface area (TPSA) is 47.7 Å². The van der Waals surface area contributed by atoms with Gasteiger partial charge < -0.3 is 5.32 Å². The molecule has 0 fully saturated rings. The Morgan fingerprint density at radius 3 is 2.62 bits per heavy atom. The van der Waals surface area contributed by atoms with E-state index in [1.807, 2.05) is 24.0 Å². The standard InChI is InChI=1S/C14H22FN5.ClH/c1-4-20-14(15)13(8-18-20)7-16-5-12-6-17-19(10-12)9-11(2)3;/h6,8,10-11,16H,4-5,7,9H2,1-3H3;1H. The molecule has 0 unspecified atom stereocenters. The van der Waals surface area contributed by atoms with Crippen LogP contribution >= 0.6 is 12.4 Å². The molecule has 5 nitrogen and oxygen atoms in total. The summed E-state index contributed by atoms with van der Waals surface area (Å²) in [6.45, 7) is 8.81. The van der Waals surface area contributed by atoms with Crippen molar-refractivity contribution in [3.05, 3.63) is 35.7 Å². The second-order valence-electron chi connectivity index (χ2n) is 5.34. The van der Waals surface area contributed by atoms with Gasteiger partial charge in [0.15, 0.2) is 0 Å². The molecule has 118 valence electrons. The summed E-state index contributed by atoms with van der Waals surface area (Å²) in [6, 6.07) is 0. The predicted octanol–water partition coefficient (Wildman–Crippen LogP) is 2.61. The Morgan fingerprint density at radius 2 is 2.00 bits per heavy atom. The molecular formula is C14H23ClFN5. The first kappa shape index (κ1) is 17.7. The number of halogens is 2. The quantitative estimate of drug-likeness (QED) is 0.854. The minimum Gasteiger partial charge on any atom is -0.308 e. The molecular weight excluding hydrogens is 293 g/mol. The van der Waals surface area contributed by atoms with Gasteiger partial charge in [0.1, 0.15) is 0 Å². The zero-order valence-electron chi connectivity index (χ0n) is 12.7. The Kier molecular flexibility index (Phi) is 6.84. The number of hydrogen-bond acceptors (Lipinski definition) is 3. The van der Waals surface area contributed by atoms with E-state index >= 15 is 0 Å². The molecule has 2 heterocycles. The summed E-state index contributed by atoms with van der Waals surface area (Å²) in [7, 11) is 0. The normalized spacial score (nSPS) is 10.9. The van der Waals surface area contributed by atoms with Crippen LogP contribution in [0.15, 0.2) is 18.6 Å². The van der Waals surface area contributed by atoms with E-state index in [4.69, 9.17) is 0 Å². The van der Waals surface area contributed by atoms with Gasteiger partial charge in [0, 0.05) is 43.5 Å². The van der Waals surface area contributed by atoms with Crippen LogP contribution in [0.4, 0.5) is 4.39 Å². The first-order chi connectivity index (χ1) is 9.60. The van der Waals surface area contributed by atoms with Crippen molar-refractivity contribution in [3.8, 4) is 0 Å². The highest BCUT2D eigenvalue weighted by molar-refractivity contribution is 5.85. The van der Waals surface area contributed by atoms with Crippen LogP contribution in [0.2, 0.25) is 0 Å². The average molecular weight is 316 g/mol. The molecule has 0 aliphatic heterocycles. The number of aryl methyl sites for hydroxylation is 1. The number of hydrogen-bond donors (Lipinski definition) is 1. The lowest BCUT2D eigenvalue weighted by molar-refractivity contribution is 0.460. The maximum Gasteiger partial charge on any atom is 0.215 e. The first-order valence-corrected chi connectivity index (χ1v) is 7.02. The zero-order chi connectivity index (χ0) is 14.5. The van der Waals surface area contributed by atoms with Crippen molar-refractivity contribution in [2.24, 2.45) is 5.92 Å². The van der Waals surface area contributed by atoms with Crippen molar-refractivity contribution >= 4 is 12.4 Å². The van der Waals surface area contributed by atoms with Crippen molar-refractivity contribution in [2.45, 2.75) is 47.0 Å². The Hall–Kier alpha value is -1.40. The highest BCUT2D eigenvalue weighted by atomic mass is 35.5. The van der Waals surface area contributed by atoms with Gasteiger partial charge in [0.05, 0.1) is 12.4 Å². The molecule has 0 aromatic carbocycles. The fourth-order valence-corrected chi connectivity index (χ4v) is 2.06. The van der Waals surface area contributed by atoms with Crippen LogP contribution in [-0.2, 0) is 26.2 Å². The van der Waals surface area contributed by atoms with Crippen molar-refractivity contribution < 1.29 is 4.39 Å². The monoisotopic (exact) mass is 315 g/mol. The number of rotatable bonds is 7. The van der Waals surface area contributed by atoms with Crippen molar-refractivity contribution in [1.82, 2.24) is 24.9 Å². The van der Waals surface area contributed by atoms with Crippen molar-refractivity contribution in [2.75, 3.05) is 0 Å². The molecule has 21 heavy (non-hydrogen) atoms. The zero-order valence-corrected chi connectivity index (χ0v) is 13.5. The maximum absolute atomic E-state index is 13.8. The van der Waals surface area contributed by atoms with Gasteiger partial charge in [-0.2, -0.15) is 14.6 Å². The first-order valence-electron chi connectivity index (χ1n) is 7.02. The summed E-state index contributed by atoms with van der Waals surface area (Å²) in [5.74, 6) is 0.320. The van der Waals surface area contributed by atoms with Crippen molar-refractivity contribution in [1.29, 1.82) is 0 Å². The largest absolute Gasteiger partial charge is 0.308 e. The summed E-state index contributed by atoms with van der Waals surface area (Å²) in [6.07, 6.45) is 5.45. The minimum absolute atomic E-state index is 0. The molecule has 2 rings (SSSR count). The average Bonchev–Trinajstić information content (AvgIpc) is 2.97. The molecule has 0 saturated carbocycles. The van der Waals surface area contributed by atoms with E-state index in [1.165, 1.54) is 4.68 Å². The van der Waals surface area contributed by atoms with E-state index in [-0.39, 0.29) is 18.4 Å². The molecule has 2 aromatic heterocycles. The van der Waals surface area contributed by atoms with E-state index in [2.05, 4.69) is 29.4 Å². The smallest absolute Gasteiger partial charge is 0.215 e. The fraction of sp³-hybridized carbons (Fsp3) is 0.571. The van der Waals surface area contributed by atoms with Gasteiger partial charge >= 0.3 is 0 Å². The lowest BCUT2D eigenvalue weighted by Crippen LogP contribution is -2.13. The van der Waals surface area contributed by atoms with E-state index < -0.39 is 0 Å². The molecule has 0 atom stereocenters. The SMILES string of the molecule is CCn1ncc(CNCc2cnn(CC(C)C)c2)c1F.Cl. The fourth-order valence-electron chi connectivity index (χ4n) is 2.06. The van der Waals surface area contributed by atoms with Crippen LogP contribution in [0.3, 0.4) is 0 Å². The van der Waals surface area contributed by atoms with Gasteiger partial charge in [0.2, 0.25) is 5.95 Å². The minimum atomic E-state index is -0.254. The van der Waals surface area contributed by atoms with Gasteiger partial charge in [-0.1, -0.05) is 13.8 Å². The molecule has 0 amide bonds. The van der Waals surface area contributed by atoms with Crippen molar-refractivity contribution in [3.63, 3.8) is 0 Å². The molecule has 0 saturated heterocycles. The van der Waals surface area contributed by atoms with E-state index in [0.717, 1.165) is 12.1 Å². The van der Waals surface area contributed by atoms with E-state index in [9.17, 15) is 4.39 Å². The maximum atomic E-state index is 13.8. The Labute approximate surface area is 130 Å². The van der Waals surface area contributed by atoms with Gasteiger partial charge in [-0.25, -0.2) is 4.68 Å². The molecule has 2 aromatic rings. The van der Waals surface area contributed by atoms with Crippen LogP contribution in [-0.4, -0.2) is 19.6 Å². The number of nitrogens with zero attached hydrogens (tertiary/aromatic N) is 4. The van der Waals surface area contributed by atoms with E-state index in [0.29, 0.717) is 31.1 Å². The number of aromatic nitrogens is 4. The van der Waals surface area contributed by atoms with Crippen LogP contribution < -0.4 is 5.32 Å². The molecule has 0 aliphatic carbocycles. The second-order valence-corrected chi connectivity index (χ2v) is 5.34. The van der Waals surface area contributed by atoms with Crippen LogP contribution in [0.25, 0.3) is 0 Å². The Balaban J connectivity index is 0.00000220. The second kappa shape index (κ2) is 8.14. The predicted molar refractivity (Wildman–Crippen MR) is 82.7 cm³/mol. The molecule has 7 heteroatoms. The van der Waals surface area contributed by atoms with Crippen LogP contribution in [0.1, 0.15) is 31.9 Å². The Bertz CT molecular complexity index is 549. The molecule has 0 bridgehead atoms. The van der Waals surface area contributed by atoms with Gasteiger partial charge in [-0.3, -0.25) is 4.68 Å². The highest BCUT2D eigenvalue weighted by Crippen LogP contribution is 2.07. The lowest BCUT2D eigenvalue weighted by Gasteiger charge is -2.04. The molecule has 0 radical (unpaired) electrons. The molecule has 1 N–H and O–H groups in total. The molecule has 0 spiro atoms. The van der Waals surface area contributed by atoms with Crippen LogP contribution in [0.5, 0.6) is 0 Å². The number of nitrogens with one attached hydrogen (secondary N) is 1. The summed E-state index contributed by atoms with van der Waals surface area (Å²) in [5.41, 5.74) is 1.70.